The van der Waals surface area contributed by atoms with Crippen molar-refractivity contribution < 1.29 is 14.4 Å². The fourth-order valence-corrected chi connectivity index (χ4v) is 2.47. The zero-order valence-electron chi connectivity index (χ0n) is 12.5. The minimum Gasteiger partial charge on any atom is -0.345 e. The Labute approximate surface area is 141 Å². The SMILES string of the molecule is CC(=O)Nc1cccc(C(=O)NNC(=O)c2cc(Br)cn2C)c1. The number of rotatable bonds is 3. The maximum absolute atomic E-state index is 12.1. The summed E-state index contributed by atoms with van der Waals surface area (Å²) in [5.41, 5.74) is 5.88. The molecule has 1 heterocycles. The largest absolute Gasteiger partial charge is 0.345 e. The molecule has 0 atom stereocenters. The van der Waals surface area contributed by atoms with E-state index < -0.39 is 11.8 Å². The summed E-state index contributed by atoms with van der Waals surface area (Å²) in [6.07, 6.45) is 1.73. The molecule has 120 valence electrons. The first-order chi connectivity index (χ1) is 10.9. The molecule has 2 rings (SSSR count). The van der Waals surface area contributed by atoms with Crippen LogP contribution in [-0.2, 0) is 11.8 Å². The summed E-state index contributed by atoms with van der Waals surface area (Å²) in [5, 5.41) is 2.59. The number of hydrogen-bond donors (Lipinski definition) is 3. The summed E-state index contributed by atoms with van der Waals surface area (Å²) < 4.78 is 2.39. The van der Waals surface area contributed by atoms with Crippen molar-refractivity contribution in [2.45, 2.75) is 6.92 Å². The summed E-state index contributed by atoms with van der Waals surface area (Å²) in [6.45, 7) is 1.38. The highest BCUT2D eigenvalue weighted by molar-refractivity contribution is 9.10. The third-order valence-electron chi connectivity index (χ3n) is 2.94. The van der Waals surface area contributed by atoms with Gasteiger partial charge < -0.3 is 9.88 Å². The van der Waals surface area contributed by atoms with Crippen LogP contribution in [0.25, 0.3) is 0 Å². The predicted molar refractivity (Wildman–Crippen MR) is 88.8 cm³/mol. The normalized spacial score (nSPS) is 10.0. The average Bonchev–Trinajstić information content (AvgIpc) is 2.83. The van der Waals surface area contributed by atoms with Gasteiger partial charge in [-0.25, -0.2) is 0 Å². The number of amides is 3. The van der Waals surface area contributed by atoms with Gasteiger partial charge in [-0.1, -0.05) is 6.07 Å². The maximum atomic E-state index is 12.1. The van der Waals surface area contributed by atoms with Gasteiger partial charge in [-0.3, -0.25) is 25.2 Å². The number of carbonyl (C=O) groups excluding carboxylic acids is 3. The van der Waals surface area contributed by atoms with Crippen LogP contribution in [0.1, 0.15) is 27.8 Å². The first kappa shape index (κ1) is 16.8. The lowest BCUT2D eigenvalue weighted by atomic mass is 10.2. The van der Waals surface area contributed by atoms with Gasteiger partial charge in [-0.15, -0.1) is 0 Å². The first-order valence-corrected chi connectivity index (χ1v) is 7.46. The third kappa shape index (κ3) is 4.43. The van der Waals surface area contributed by atoms with Crippen molar-refractivity contribution in [1.82, 2.24) is 15.4 Å². The number of nitrogens with zero attached hydrogens (tertiary/aromatic N) is 1. The van der Waals surface area contributed by atoms with Crippen molar-refractivity contribution in [3.8, 4) is 0 Å². The molecule has 3 N–H and O–H groups in total. The van der Waals surface area contributed by atoms with Crippen LogP contribution < -0.4 is 16.2 Å². The summed E-state index contributed by atoms with van der Waals surface area (Å²) in [4.78, 5) is 35.1. The van der Waals surface area contributed by atoms with E-state index in [4.69, 9.17) is 0 Å². The summed E-state index contributed by atoms with van der Waals surface area (Å²) in [5.74, 6) is -1.16. The van der Waals surface area contributed by atoms with Crippen molar-refractivity contribution in [2.24, 2.45) is 7.05 Å². The van der Waals surface area contributed by atoms with Gasteiger partial charge in [0.25, 0.3) is 11.8 Å². The number of aromatic nitrogens is 1. The monoisotopic (exact) mass is 378 g/mol. The molecular formula is C15H15BrN4O3. The van der Waals surface area contributed by atoms with Gasteiger partial charge in [0.05, 0.1) is 0 Å². The molecule has 0 radical (unpaired) electrons. The zero-order chi connectivity index (χ0) is 17.0. The number of nitrogens with one attached hydrogen (secondary N) is 3. The van der Waals surface area contributed by atoms with Crippen molar-refractivity contribution >= 4 is 39.3 Å². The van der Waals surface area contributed by atoms with Gasteiger partial charge in [0, 0.05) is 35.9 Å². The van der Waals surface area contributed by atoms with Gasteiger partial charge in [-0.05, 0) is 40.2 Å². The Bertz CT molecular complexity index is 770. The summed E-state index contributed by atoms with van der Waals surface area (Å²) >= 11 is 3.27. The number of halogens is 1. The van der Waals surface area contributed by atoms with Crippen LogP contribution in [0.5, 0.6) is 0 Å². The second kappa shape index (κ2) is 7.10. The molecule has 8 heteroatoms. The van der Waals surface area contributed by atoms with Crippen LogP contribution >= 0.6 is 15.9 Å². The number of hydrazine groups is 1. The summed E-state index contributed by atoms with van der Waals surface area (Å²) in [6, 6.07) is 8.03. The smallest absolute Gasteiger partial charge is 0.286 e. The molecule has 0 saturated carbocycles. The lowest BCUT2D eigenvalue weighted by molar-refractivity contribution is -0.114. The Hall–Kier alpha value is -2.61. The molecule has 0 unspecified atom stereocenters. The fraction of sp³-hybridized carbons (Fsp3) is 0.133. The third-order valence-corrected chi connectivity index (χ3v) is 3.37. The molecular weight excluding hydrogens is 364 g/mol. The lowest BCUT2D eigenvalue weighted by Gasteiger charge is -2.09. The molecule has 0 spiro atoms. The molecule has 0 bridgehead atoms. The molecule has 0 aliphatic rings. The first-order valence-electron chi connectivity index (χ1n) is 6.67. The number of aryl methyl sites for hydroxylation is 1. The van der Waals surface area contributed by atoms with Crippen LogP contribution in [0.2, 0.25) is 0 Å². The standard InChI is InChI=1S/C15H15BrN4O3/c1-9(21)17-12-5-3-4-10(6-12)14(22)18-19-15(23)13-7-11(16)8-20(13)2/h3-8H,1-2H3,(H,17,21)(H,18,22)(H,19,23). The Balaban J connectivity index is 2.01. The predicted octanol–water partition coefficient (Wildman–Crippen LogP) is 1.82. The maximum Gasteiger partial charge on any atom is 0.286 e. The second-order valence-electron chi connectivity index (χ2n) is 4.82. The van der Waals surface area contributed by atoms with E-state index in [0.29, 0.717) is 16.9 Å². The number of hydrogen-bond acceptors (Lipinski definition) is 3. The Morgan fingerprint density at radius 1 is 1.09 bits per heavy atom. The van der Waals surface area contributed by atoms with Crippen molar-refractivity contribution in [3.63, 3.8) is 0 Å². The van der Waals surface area contributed by atoms with E-state index in [1.54, 1.807) is 42.1 Å². The van der Waals surface area contributed by atoms with Crippen LogP contribution in [0, 0.1) is 0 Å². The highest BCUT2D eigenvalue weighted by Gasteiger charge is 2.13. The van der Waals surface area contributed by atoms with Crippen LogP contribution in [-0.4, -0.2) is 22.3 Å². The van der Waals surface area contributed by atoms with E-state index in [-0.39, 0.29) is 5.91 Å². The topological polar surface area (TPSA) is 92.2 Å². The van der Waals surface area contributed by atoms with Crippen molar-refractivity contribution in [3.05, 3.63) is 52.3 Å². The minimum absolute atomic E-state index is 0.231. The van der Waals surface area contributed by atoms with E-state index in [1.807, 2.05) is 0 Å². The molecule has 0 aliphatic carbocycles. The van der Waals surface area contributed by atoms with E-state index in [9.17, 15) is 14.4 Å². The minimum atomic E-state index is -0.487. The Morgan fingerprint density at radius 2 is 1.78 bits per heavy atom. The van der Waals surface area contributed by atoms with Gasteiger partial charge in [0.15, 0.2) is 0 Å². The molecule has 3 amide bonds. The Kier molecular flexibility index (Phi) is 5.17. The Morgan fingerprint density at radius 3 is 2.39 bits per heavy atom. The molecule has 1 aromatic carbocycles. The highest BCUT2D eigenvalue weighted by Crippen LogP contribution is 2.13. The summed E-state index contributed by atoms with van der Waals surface area (Å²) in [7, 11) is 1.72. The molecule has 2 aromatic rings. The second-order valence-corrected chi connectivity index (χ2v) is 5.74. The molecule has 7 nitrogen and oxygen atoms in total. The molecule has 23 heavy (non-hydrogen) atoms. The van der Waals surface area contributed by atoms with E-state index in [1.165, 1.54) is 13.0 Å². The van der Waals surface area contributed by atoms with Gasteiger partial charge in [0.1, 0.15) is 5.69 Å². The van der Waals surface area contributed by atoms with E-state index in [2.05, 4.69) is 32.1 Å². The zero-order valence-corrected chi connectivity index (χ0v) is 14.1. The van der Waals surface area contributed by atoms with Crippen LogP contribution in [0.15, 0.2) is 41.0 Å². The van der Waals surface area contributed by atoms with Crippen molar-refractivity contribution in [2.75, 3.05) is 5.32 Å². The quantitative estimate of drug-likeness (QED) is 0.711. The average molecular weight is 379 g/mol. The van der Waals surface area contributed by atoms with Gasteiger partial charge >= 0.3 is 0 Å². The van der Waals surface area contributed by atoms with Gasteiger partial charge in [0.2, 0.25) is 5.91 Å². The van der Waals surface area contributed by atoms with E-state index >= 15 is 0 Å². The highest BCUT2D eigenvalue weighted by atomic mass is 79.9. The van der Waals surface area contributed by atoms with Crippen LogP contribution in [0.3, 0.4) is 0 Å². The van der Waals surface area contributed by atoms with E-state index in [0.717, 1.165) is 4.47 Å². The number of benzene rings is 1. The lowest BCUT2D eigenvalue weighted by Crippen LogP contribution is -2.42. The molecule has 0 aliphatic heterocycles. The molecule has 0 fully saturated rings. The fourth-order valence-electron chi connectivity index (χ4n) is 1.94. The van der Waals surface area contributed by atoms with Crippen molar-refractivity contribution in [1.29, 1.82) is 0 Å². The number of carbonyl (C=O) groups is 3. The van der Waals surface area contributed by atoms with Gasteiger partial charge in [-0.2, -0.15) is 0 Å². The molecule has 0 saturated heterocycles. The number of anilines is 1. The molecule has 1 aromatic heterocycles. The van der Waals surface area contributed by atoms with Crippen LogP contribution in [0.4, 0.5) is 5.69 Å².